The van der Waals surface area contributed by atoms with Crippen LogP contribution in [0.3, 0.4) is 0 Å². The average Bonchev–Trinajstić information content (AvgIpc) is 3.40. The number of thioether (sulfide) groups is 1. The predicted molar refractivity (Wildman–Crippen MR) is 158 cm³/mol. The van der Waals surface area contributed by atoms with Gasteiger partial charge in [0.1, 0.15) is 6.04 Å². The molecule has 0 aromatic heterocycles. The fraction of sp³-hybridized carbons (Fsp3) is 0.394. The highest BCUT2D eigenvalue weighted by molar-refractivity contribution is 7.99. The standard InChI is InChI=1S/C33H40N2O2S/c1-24-17-25(2)19-28(18-24)22-38-23-32(36)35(21-29-14-8-7-11-26(29)3)31(20-27-12-5-4-6-13-27)33(37)34-30-15-9-10-16-30/h4-8,11-14,17-19,30-31H,9-10,15-16,20-23H2,1-3H3,(H,34,37)/t31-/m0/s1. The first-order valence-corrected chi connectivity index (χ1v) is 14.9. The number of amides is 2. The number of benzene rings is 3. The van der Waals surface area contributed by atoms with Crippen LogP contribution in [0.1, 0.15) is 59.1 Å². The molecule has 4 rings (SSSR count). The maximum atomic E-state index is 13.9. The third-order valence-corrected chi connectivity index (χ3v) is 8.34. The third kappa shape index (κ3) is 7.97. The number of hydrogen-bond acceptors (Lipinski definition) is 3. The molecular formula is C33H40N2O2S. The summed E-state index contributed by atoms with van der Waals surface area (Å²) in [5, 5.41) is 3.29. The van der Waals surface area contributed by atoms with Gasteiger partial charge in [-0.3, -0.25) is 9.59 Å². The van der Waals surface area contributed by atoms with E-state index in [1.165, 1.54) is 16.7 Å². The zero-order valence-electron chi connectivity index (χ0n) is 22.9. The minimum Gasteiger partial charge on any atom is -0.352 e. The fourth-order valence-electron chi connectivity index (χ4n) is 5.38. The summed E-state index contributed by atoms with van der Waals surface area (Å²) in [5.74, 6) is 1.07. The van der Waals surface area contributed by atoms with Crippen LogP contribution in [-0.4, -0.2) is 34.6 Å². The number of carbonyl (C=O) groups excluding carboxylic acids is 2. The summed E-state index contributed by atoms with van der Waals surface area (Å²) in [7, 11) is 0. The molecule has 2 amide bonds. The normalized spacial score (nSPS) is 14.3. The monoisotopic (exact) mass is 528 g/mol. The lowest BCUT2D eigenvalue weighted by atomic mass is 10.0. The number of rotatable bonds is 11. The van der Waals surface area contributed by atoms with E-state index < -0.39 is 6.04 Å². The van der Waals surface area contributed by atoms with Gasteiger partial charge < -0.3 is 10.2 Å². The molecule has 3 aromatic rings. The smallest absolute Gasteiger partial charge is 0.243 e. The molecule has 0 saturated heterocycles. The third-order valence-electron chi connectivity index (χ3n) is 7.35. The first-order chi connectivity index (χ1) is 18.4. The minimum atomic E-state index is -0.563. The molecule has 0 heterocycles. The van der Waals surface area contributed by atoms with Gasteiger partial charge in [0.05, 0.1) is 5.75 Å². The van der Waals surface area contributed by atoms with Gasteiger partial charge in [-0.15, -0.1) is 11.8 Å². The summed E-state index contributed by atoms with van der Waals surface area (Å²) in [5.41, 5.74) is 6.96. The Balaban J connectivity index is 1.57. The van der Waals surface area contributed by atoms with Crippen LogP contribution >= 0.6 is 11.8 Å². The summed E-state index contributed by atoms with van der Waals surface area (Å²) >= 11 is 1.62. The van der Waals surface area contributed by atoms with Crippen LogP contribution in [0.4, 0.5) is 0 Å². The summed E-state index contributed by atoms with van der Waals surface area (Å²) in [4.78, 5) is 29.5. The molecule has 200 valence electrons. The average molecular weight is 529 g/mol. The molecule has 1 atom stereocenters. The molecule has 0 unspecified atom stereocenters. The molecule has 1 aliphatic carbocycles. The quantitative estimate of drug-likeness (QED) is 0.307. The number of hydrogen-bond donors (Lipinski definition) is 1. The van der Waals surface area contributed by atoms with Crippen LogP contribution in [0.15, 0.2) is 72.8 Å². The number of nitrogens with one attached hydrogen (secondary N) is 1. The minimum absolute atomic E-state index is 0.00475. The summed E-state index contributed by atoms with van der Waals surface area (Å²) in [6, 6.07) is 24.4. The van der Waals surface area contributed by atoms with Gasteiger partial charge in [0, 0.05) is 24.8 Å². The topological polar surface area (TPSA) is 49.4 Å². The Morgan fingerprint density at radius 2 is 1.55 bits per heavy atom. The van der Waals surface area contributed by atoms with E-state index in [1.54, 1.807) is 11.8 Å². The summed E-state index contributed by atoms with van der Waals surface area (Å²) in [6.45, 7) is 6.70. The van der Waals surface area contributed by atoms with Crippen molar-refractivity contribution < 1.29 is 9.59 Å². The number of carbonyl (C=O) groups is 2. The van der Waals surface area contributed by atoms with E-state index >= 15 is 0 Å². The lowest BCUT2D eigenvalue weighted by molar-refractivity contribution is -0.139. The van der Waals surface area contributed by atoms with Gasteiger partial charge in [-0.05, 0) is 55.9 Å². The second kappa shape index (κ2) is 13.7. The molecule has 0 aliphatic heterocycles. The Bertz CT molecular complexity index is 1200. The zero-order valence-corrected chi connectivity index (χ0v) is 23.7. The van der Waals surface area contributed by atoms with Gasteiger partial charge in [-0.2, -0.15) is 0 Å². The van der Waals surface area contributed by atoms with Gasteiger partial charge in [0.2, 0.25) is 11.8 Å². The molecule has 5 heteroatoms. The van der Waals surface area contributed by atoms with Crippen LogP contribution in [0.2, 0.25) is 0 Å². The van der Waals surface area contributed by atoms with Crippen molar-refractivity contribution >= 4 is 23.6 Å². The van der Waals surface area contributed by atoms with Crippen molar-refractivity contribution in [3.63, 3.8) is 0 Å². The van der Waals surface area contributed by atoms with Crippen molar-refractivity contribution in [1.29, 1.82) is 0 Å². The van der Waals surface area contributed by atoms with Crippen LogP contribution in [0, 0.1) is 20.8 Å². The van der Waals surface area contributed by atoms with Crippen LogP contribution in [0.5, 0.6) is 0 Å². The van der Waals surface area contributed by atoms with Gasteiger partial charge in [0.25, 0.3) is 0 Å². The van der Waals surface area contributed by atoms with Crippen molar-refractivity contribution in [2.24, 2.45) is 0 Å². The van der Waals surface area contributed by atoms with Gasteiger partial charge in [-0.1, -0.05) is 96.8 Å². The molecule has 1 fully saturated rings. The first kappa shape index (κ1) is 28.0. The van der Waals surface area contributed by atoms with Gasteiger partial charge in [0.15, 0.2) is 0 Å². The second-order valence-electron chi connectivity index (χ2n) is 10.6. The van der Waals surface area contributed by atoms with Crippen molar-refractivity contribution in [3.05, 3.63) is 106 Å². The largest absolute Gasteiger partial charge is 0.352 e. The van der Waals surface area contributed by atoms with Crippen LogP contribution in [-0.2, 0) is 28.3 Å². The van der Waals surface area contributed by atoms with Crippen LogP contribution < -0.4 is 5.32 Å². The predicted octanol–water partition coefficient (Wildman–Crippen LogP) is 6.54. The summed E-state index contributed by atoms with van der Waals surface area (Å²) in [6.07, 6.45) is 4.83. The van der Waals surface area contributed by atoms with E-state index in [-0.39, 0.29) is 17.9 Å². The first-order valence-electron chi connectivity index (χ1n) is 13.7. The maximum absolute atomic E-state index is 13.9. The molecule has 0 bridgehead atoms. The van der Waals surface area contributed by atoms with Crippen molar-refractivity contribution in [2.75, 3.05) is 5.75 Å². The highest BCUT2D eigenvalue weighted by Crippen LogP contribution is 2.22. The lowest BCUT2D eigenvalue weighted by Gasteiger charge is -2.32. The Labute approximate surface area is 232 Å². The molecule has 38 heavy (non-hydrogen) atoms. The van der Waals surface area contributed by atoms with E-state index in [9.17, 15) is 9.59 Å². The molecule has 1 aliphatic rings. The SMILES string of the molecule is Cc1cc(C)cc(CSCC(=O)N(Cc2ccccc2C)[C@@H](Cc2ccccc2)C(=O)NC2CCCC2)c1. The van der Waals surface area contributed by atoms with E-state index in [0.717, 1.165) is 48.1 Å². The molecule has 4 nitrogen and oxygen atoms in total. The molecular weight excluding hydrogens is 488 g/mol. The van der Waals surface area contributed by atoms with E-state index in [4.69, 9.17) is 0 Å². The Hall–Kier alpha value is -3.05. The molecule has 3 aromatic carbocycles. The summed E-state index contributed by atoms with van der Waals surface area (Å²) < 4.78 is 0. The van der Waals surface area contributed by atoms with Gasteiger partial charge >= 0.3 is 0 Å². The highest BCUT2D eigenvalue weighted by Gasteiger charge is 2.32. The Kier molecular flexibility index (Phi) is 10.1. The van der Waals surface area contributed by atoms with E-state index in [1.807, 2.05) is 47.4 Å². The maximum Gasteiger partial charge on any atom is 0.243 e. The van der Waals surface area contributed by atoms with Crippen molar-refractivity contribution in [1.82, 2.24) is 10.2 Å². The number of nitrogens with zero attached hydrogens (tertiary/aromatic N) is 1. The second-order valence-corrected chi connectivity index (χ2v) is 11.6. The van der Waals surface area contributed by atoms with Crippen molar-refractivity contribution in [2.45, 2.75) is 77.3 Å². The Morgan fingerprint density at radius 1 is 0.895 bits per heavy atom. The van der Waals surface area contributed by atoms with Crippen molar-refractivity contribution in [3.8, 4) is 0 Å². The number of aryl methyl sites for hydroxylation is 3. The van der Waals surface area contributed by atoms with Crippen LogP contribution in [0.25, 0.3) is 0 Å². The van der Waals surface area contributed by atoms with E-state index in [2.05, 4.69) is 56.4 Å². The zero-order chi connectivity index (χ0) is 26.9. The fourth-order valence-corrected chi connectivity index (χ4v) is 6.23. The Morgan fingerprint density at radius 3 is 2.24 bits per heavy atom. The molecule has 0 radical (unpaired) electrons. The van der Waals surface area contributed by atoms with E-state index in [0.29, 0.717) is 18.7 Å². The highest BCUT2D eigenvalue weighted by atomic mass is 32.2. The van der Waals surface area contributed by atoms with Gasteiger partial charge in [-0.25, -0.2) is 0 Å². The lowest BCUT2D eigenvalue weighted by Crippen LogP contribution is -2.52. The molecule has 0 spiro atoms. The molecule has 1 saturated carbocycles. The molecule has 1 N–H and O–H groups in total.